The molecule has 1 aliphatic heterocycles. The Hall–Kier alpha value is -1.59. The molecule has 0 aromatic heterocycles. The molecule has 5 heteroatoms. The van der Waals surface area contributed by atoms with Crippen molar-refractivity contribution in [2.24, 2.45) is 5.92 Å². The standard InChI is InChI=1S/C18H26N2O3/c1-22-10-9-15-4-2-3-5-17(15)19-18(21)20(16-6-7-16)12-14-8-11-23-13-14/h2-5,14,16H,6-13H2,1H3,(H,19,21)/t14-/m0/s1. The highest BCUT2D eigenvalue weighted by atomic mass is 16.5. The SMILES string of the molecule is COCCc1ccccc1NC(=O)N(C[C@@H]1CCOC1)C1CC1. The Morgan fingerprint density at radius 3 is 2.87 bits per heavy atom. The molecule has 1 aromatic carbocycles. The molecule has 0 spiro atoms. The molecule has 1 N–H and O–H groups in total. The number of benzene rings is 1. The summed E-state index contributed by atoms with van der Waals surface area (Å²) in [5.74, 6) is 0.477. The first-order chi connectivity index (χ1) is 11.3. The number of amides is 2. The van der Waals surface area contributed by atoms with E-state index in [-0.39, 0.29) is 6.03 Å². The normalized spacial score (nSPS) is 20.5. The summed E-state index contributed by atoms with van der Waals surface area (Å²) in [6.07, 6.45) is 4.09. The van der Waals surface area contributed by atoms with Crippen molar-refractivity contribution in [2.45, 2.75) is 31.7 Å². The van der Waals surface area contributed by atoms with Crippen LogP contribution >= 0.6 is 0 Å². The number of nitrogens with one attached hydrogen (secondary N) is 1. The quantitative estimate of drug-likeness (QED) is 0.841. The van der Waals surface area contributed by atoms with Gasteiger partial charge in [0.05, 0.1) is 13.2 Å². The number of para-hydroxylation sites is 1. The monoisotopic (exact) mass is 318 g/mol. The minimum Gasteiger partial charge on any atom is -0.384 e. The van der Waals surface area contributed by atoms with Gasteiger partial charge in [0.25, 0.3) is 0 Å². The lowest BCUT2D eigenvalue weighted by Gasteiger charge is -2.26. The number of rotatable bonds is 7. The number of nitrogens with zero attached hydrogens (tertiary/aromatic N) is 1. The second-order valence-electron chi connectivity index (χ2n) is 6.44. The highest BCUT2D eigenvalue weighted by Gasteiger charge is 2.35. The predicted molar refractivity (Wildman–Crippen MR) is 89.7 cm³/mol. The summed E-state index contributed by atoms with van der Waals surface area (Å²) in [7, 11) is 1.69. The van der Waals surface area contributed by atoms with Crippen molar-refractivity contribution in [1.29, 1.82) is 0 Å². The van der Waals surface area contributed by atoms with Gasteiger partial charge < -0.3 is 19.7 Å². The van der Waals surface area contributed by atoms with E-state index in [0.717, 1.165) is 56.7 Å². The van der Waals surface area contributed by atoms with E-state index in [1.807, 2.05) is 29.2 Å². The maximum atomic E-state index is 12.8. The summed E-state index contributed by atoms with van der Waals surface area (Å²) in [6, 6.07) is 8.38. The summed E-state index contributed by atoms with van der Waals surface area (Å²) in [4.78, 5) is 14.8. The van der Waals surface area contributed by atoms with Gasteiger partial charge in [-0.05, 0) is 37.3 Å². The van der Waals surface area contributed by atoms with E-state index >= 15 is 0 Å². The molecule has 0 unspecified atom stereocenters. The molecule has 2 aliphatic rings. The number of carbonyl (C=O) groups excluding carboxylic acids is 1. The summed E-state index contributed by atoms with van der Waals surface area (Å²) in [5, 5.41) is 3.11. The second-order valence-corrected chi connectivity index (χ2v) is 6.44. The van der Waals surface area contributed by atoms with Gasteiger partial charge in [0.2, 0.25) is 0 Å². The van der Waals surface area contributed by atoms with E-state index in [9.17, 15) is 4.79 Å². The lowest BCUT2D eigenvalue weighted by Crippen LogP contribution is -2.40. The van der Waals surface area contributed by atoms with Gasteiger partial charge in [-0.15, -0.1) is 0 Å². The van der Waals surface area contributed by atoms with E-state index < -0.39 is 0 Å². The fourth-order valence-electron chi connectivity index (χ4n) is 3.05. The van der Waals surface area contributed by atoms with Gasteiger partial charge in [-0.25, -0.2) is 4.79 Å². The van der Waals surface area contributed by atoms with Crippen LogP contribution < -0.4 is 5.32 Å². The predicted octanol–water partition coefficient (Wildman–Crippen LogP) is 2.91. The van der Waals surface area contributed by atoms with Crippen molar-refractivity contribution in [1.82, 2.24) is 4.90 Å². The Kier molecular flexibility index (Phi) is 5.51. The van der Waals surface area contributed by atoms with Gasteiger partial charge in [-0.3, -0.25) is 0 Å². The summed E-state index contributed by atoms with van der Waals surface area (Å²) < 4.78 is 10.6. The molecule has 2 amide bonds. The third-order valence-corrected chi connectivity index (χ3v) is 4.56. The second kappa shape index (κ2) is 7.79. The van der Waals surface area contributed by atoms with Crippen molar-refractivity contribution in [3.63, 3.8) is 0 Å². The van der Waals surface area contributed by atoms with Crippen molar-refractivity contribution in [3.05, 3.63) is 29.8 Å². The highest BCUT2D eigenvalue weighted by Crippen LogP contribution is 2.30. The Bertz CT molecular complexity index is 525. The molecule has 1 aromatic rings. The zero-order chi connectivity index (χ0) is 16.1. The van der Waals surface area contributed by atoms with Crippen LogP contribution in [-0.2, 0) is 15.9 Å². The molecule has 1 atom stereocenters. The number of hydrogen-bond donors (Lipinski definition) is 1. The molecule has 126 valence electrons. The minimum absolute atomic E-state index is 0.0178. The van der Waals surface area contributed by atoms with Crippen LogP contribution in [0.15, 0.2) is 24.3 Å². The Balaban J connectivity index is 1.64. The van der Waals surface area contributed by atoms with Gasteiger partial charge in [0, 0.05) is 37.9 Å². The lowest BCUT2D eigenvalue weighted by atomic mass is 10.1. The number of anilines is 1. The molecule has 1 saturated heterocycles. The average Bonchev–Trinajstić information content (AvgIpc) is 3.27. The first-order valence-electron chi connectivity index (χ1n) is 8.50. The van der Waals surface area contributed by atoms with Gasteiger partial charge in [-0.2, -0.15) is 0 Å². The third kappa shape index (κ3) is 4.45. The first kappa shape index (κ1) is 16.3. The molecule has 5 nitrogen and oxygen atoms in total. The summed E-state index contributed by atoms with van der Waals surface area (Å²) in [5.41, 5.74) is 2.01. The van der Waals surface area contributed by atoms with Gasteiger partial charge in [-0.1, -0.05) is 18.2 Å². The van der Waals surface area contributed by atoms with Gasteiger partial charge >= 0.3 is 6.03 Å². The summed E-state index contributed by atoms with van der Waals surface area (Å²) >= 11 is 0. The third-order valence-electron chi connectivity index (χ3n) is 4.56. The highest BCUT2D eigenvalue weighted by molar-refractivity contribution is 5.90. The topological polar surface area (TPSA) is 50.8 Å². The van der Waals surface area contributed by atoms with Crippen LogP contribution in [0.25, 0.3) is 0 Å². The van der Waals surface area contributed by atoms with Gasteiger partial charge in [0.1, 0.15) is 0 Å². The van der Waals surface area contributed by atoms with Crippen LogP contribution in [0, 0.1) is 5.92 Å². The lowest BCUT2D eigenvalue weighted by molar-refractivity contribution is 0.167. The molecule has 0 radical (unpaired) electrons. The van der Waals surface area contributed by atoms with Crippen LogP contribution in [0.2, 0.25) is 0 Å². The Labute approximate surface area is 137 Å². The van der Waals surface area contributed by atoms with E-state index in [1.54, 1.807) is 7.11 Å². The number of methoxy groups -OCH3 is 1. The first-order valence-corrected chi connectivity index (χ1v) is 8.50. The molecular formula is C18H26N2O3. The molecule has 1 saturated carbocycles. The summed E-state index contributed by atoms with van der Waals surface area (Å²) in [6.45, 7) is 3.06. The van der Waals surface area contributed by atoms with Crippen LogP contribution in [0.4, 0.5) is 10.5 Å². The Morgan fingerprint density at radius 1 is 1.35 bits per heavy atom. The van der Waals surface area contributed by atoms with E-state index in [1.165, 1.54) is 0 Å². The van der Waals surface area contributed by atoms with Crippen LogP contribution in [0.3, 0.4) is 0 Å². The van der Waals surface area contributed by atoms with Crippen LogP contribution in [0.1, 0.15) is 24.8 Å². The zero-order valence-corrected chi connectivity index (χ0v) is 13.8. The van der Waals surface area contributed by atoms with E-state index in [4.69, 9.17) is 9.47 Å². The molecule has 0 bridgehead atoms. The fourth-order valence-corrected chi connectivity index (χ4v) is 3.05. The maximum Gasteiger partial charge on any atom is 0.322 e. The molecule has 2 fully saturated rings. The smallest absolute Gasteiger partial charge is 0.322 e. The van der Waals surface area contributed by atoms with Crippen molar-refractivity contribution in [2.75, 3.05) is 38.8 Å². The molecular weight excluding hydrogens is 292 g/mol. The van der Waals surface area contributed by atoms with Crippen LogP contribution in [0.5, 0.6) is 0 Å². The van der Waals surface area contributed by atoms with Crippen LogP contribution in [-0.4, -0.2) is 50.4 Å². The fraction of sp³-hybridized carbons (Fsp3) is 0.611. The Morgan fingerprint density at radius 2 is 2.17 bits per heavy atom. The molecule has 3 rings (SSSR count). The minimum atomic E-state index is 0.0178. The average molecular weight is 318 g/mol. The molecule has 1 aliphatic carbocycles. The van der Waals surface area contributed by atoms with E-state index in [0.29, 0.717) is 18.6 Å². The maximum absolute atomic E-state index is 12.8. The largest absolute Gasteiger partial charge is 0.384 e. The zero-order valence-electron chi connectivity index (χ0n) is 13.8. The molecule has 1 heterocycles. The number of carbonyl (C=O) groups is 1. The number of hydrogen-bond acceptors (Lipinski definition) is 3. The van der Waals surface area contributed by atoms with Crippen molar-refractivity contribution >= 4 is 11.7 Å². The van der Waals surface area contributed by atoms with Crippen molar-refractivity contribution in [3.8, 4) is 0 Å². The van der Waals surface area contributed by atoms with Gasteiger partial charge in [0.15, 0.2) is 0 Å². The number of urea groups is 1. The van der Waals surface area contributed by atoms with E-state index in [2.05, 4.69) is 5.32 Å². The number of ether oxygens (including phenoxy) is 2. The van der Waals surface area contributed by atoms with Crippen molar-refractivity contribution < 1.29 is 14.3 Å². The molecule has 23 heavy (non-hydrogen) atoms.